The van der Waals surface area contributed by atoms with Crippen molar-refractivity contribution in [3.63, 3.8) is 0 Å². The van der Waals surface area contributed by atoms with Gasteiger partial charge in [-0.15, -0.1) is 0 Å². The molecule has 0 aromatic carbocycles. The number of hydrogen-bond donors (Lipinski definition) is 1. The van der Waals surface area contributed by atoms with Gasteiger partial charge in [0, 0.05) is 19.0 Å². The molecule has 0 unspecified atom stereocenters. The molecule has 1 aromatic rings. The van der Waals surface area contributed by atoms with Crippen LogP contribution in [0.15, 0.2) is 4.52 Å². The van der Waals surface area contributed by atoms with Gasteiger partial charge in [0.25, 0.3) is 0 Å². The number of nitrogens with zero attached hydrogens (tertiary/aromatic N) is 2. The molecule has 1 aliphatic rings. The van der Waals surface area contributed by atoms with Crippen LogP contribution in [0.4, 0.5) is 0 Å². The number of nitrogens with one attached hydrogen (secondary N) is 1. The van der Waals surface area contributed by atoms with Crippen molar-refractivity contribution in [2.45, 2.75) is 25.9 Å². The Morgan fingerprint density at radius 1 is 1.50 bits per heavy atom. The second-order valence-electron chi connectivity index (χ2n) is 3.71. The lowest BCUT2D eigenvalue weighted by atomic mass is 10.2. The molecule has 0 amide bonds. The van der Waals surface area contributed by atoms with Crippen LogP contribution >= 0.6 is 0 Å². The molecular weight excluding hydrogens is 182 g/mol. The fourth-order valence-electron chi connectivity index (χ4n) is 1.34. The smallest absolute Gasteiger partial charge is 0.229 e. The predicted molar refractivity (Wildman–Crippen MR) is 49.9 cm³/mol. The summed E-state index contributed by atoms with van der Waals surface area (Å²) in [5, 5.41) is 7.14. The van der Waals surface area contributed by atoms with Gasteiger partial charge in [0.2, 0.25) is 11.7 Å². The molecular formula is C9H15N3O2. The van der Waals surface area contributed by atoms with Crippen molar-refractivity contribution >= 4 is 0 Å². The molecule has 1 atom stereocenters. The van der Waals surface area contributed by atoms with E-state index in [-0.39, 0.29) is 12.0 Å². The average molecular weight is 197 g/mol. The highest BCUT2D eigenvalue weighted by atomic mass is 16.5. The molecule has 0 aliphatic carbocycles. The number of ether oxygens (including phenoxy) is 1. The zero-order valence-electron chi connectivity index (χ0n) is 8.49. The second-order valence-corrected chi connectivity index (χ2v) is 3.71. The first-order valence-corrected chi connectivity index (χ1v) is 4.93. The minimum Gasteiger partial charge on any atom is -0.367 e. The van der Waals surface area contributed by atoms with Crippen LogP contribution < -0.4 is 5.32 Å². The lowest BCUT2D eigenvalue weighted by Crippen LogP contribution is -2.33. The van der Waals surface area contributed by atoms with Crippen molar-refractivity contribution in [3.8, 4) is 0 Å². The van der Waals surface area contributed by atoms with E-state index in [0.29, 0.717) is 18.3 Å². The topological polar surface area (TPSA) is 60.2 Å². The SMILES string of the molecule is CC(C)c1nc([C@H]2CNCCO2)no1. The summed E-state index contributed by atoms with van der Waals surface area (Å²) in [6.07, 6.45) is -0.0556. The van der Waals surface area contributed by atoms with E-state index in [1.165, 1.54) is 0 Å². The van der Waals surface area contributed by atoms with Crippen LogP contribution in [0.25, 0.3) is 0 Å². The van der Waals surface area contributed by atoms with E-state index in [2.05, 4.69) is 15.5 Å². The number of aromatic nitrogens is 2. The first-order chi connectivity index (χ1) is 6.77. The van der Waals surface area contributed by atoms with E-state index in [0.717, 1.165) is 13.1 Å². The van der Waals surface area contributed by atoms with Crippen molar-refractivity contribution < 1.29 is 9.26 Å². The van der Waals surface area contributed by atoms with E-state index in [4.69, 9.17) is 9.26 Å². The molecule has 5 heteroatoms. The highest BCUT2D eigenvalue weighted by Gasteiger charge is 2.21. The van der Waals surface area contributed by atoms with Crippen molar-refractivity contribution in [3.05, 3.63) is 11.7 Å². The van der Waals surface area contributed by atoms with Crippen molar-refractivity contribution in [1.82, 2.24) is 15.5 Å². The van der Waals surface area contributed by atoms with Crippen LogP contribution in [0, 0.1) is 0 Å². The third kappa shape index (κ3) is 1.93. The lowest BCUT2D eigenvalue weighted by Gasteiger charge is -2.20. The summed E-state index contributed by atoms with van der Waals surface area (Å²) in [6.45, 7) is 6.41. The second kappa shape index (κ2) is 4.06. The summed E-state index contributed by atoms with van der Waals surface area (Å²) in [4.78, 5) is 4.29. The molecule has 2 heterocycles. The van der Waals surface area contributed by atoms with Gasteiger partial charge in [-0.25, -0.2) is 0 Å². The van der Waals surface area contributed by atoms with Crippen LogP contribution in [0.5, 0.6) is 0 Å². The maximum absolute atomic E-state index is 5.51. The molecule has 2 rings (SSSR count). The Balaban J connectivity index is 2.07. The van der Waals surface area contributed by atoms with Gasteiger partial charge in [-0.1, -0.05) is 19.0 Å². The summed E-state index contributed by atoms with van der Waals surface area (Å²) in [7, 11) is 0. The van der Waals surface area contributed by atoms with Gasteiger partial charge in [-0.2, -0.15) is 4.98 Å². The zero-order valence-corrected chi connectivity index (χ0v) is 8.49. The molecule has 1 aliphatic heterocycles. The standard InChI is InChI=1S/C9H15N3O2/c1-6(2)9-11-8(12-14-9)7-5-10-3-4-13-7/h6-7,10H,3-5H2,1-2H3/t7-/m1/s1. The number of rotatable bonds is 2. The zero-order chi connectivity index (χ0) is 9.97. The van der Waals surface area contributed by atoms with E-state index in [9.17, 15) is 0 Å². The molecule has 5 nitrogen and oxygen atoms in total. The van der Waals surface area contributed by atoms with Gasteiger partial charge in [0.15, 0.2) is 0 Å². The van der Waals surface area contributed by atoms with E-state index >= 15 is 0 Å². The Bertz CT molecular complexity index is 292. The van der Waals surface area contributed by atoms with Crippen LogP contribution in [0.2, 0.25) is 0 Å². The summed E-state index contributed by atoms with van der Waals surface area (Å²) < 4.78 is 10.6. The highest BCUT2D eigenvalue weighted by molar-refractivity contribution is 4.95. The fourth-order valence-corrected chi connectivity index (χ4v) is 1.34. The summed E-state index contributed by atoms with van der Waals surface area (Å²) >= 11 is 0. The summed E-state index contributed by atoms with van der Waals surface area (Å²) in [6, 6.07) is 0. The Morgan fingerprint density at radius 3 is 2.93 bits per heavy atom. The summed E-state index contributed by atoms with van der Waals surface area (Å²) in [5.41, 5.74) is 0. The minimum absolute atomic E-state index is 0.0556. The van der Waals surface area contributed by atoms with Crippen molar-refractivity contribution in [1.29, 1.82) is 0 Å². The molecule has 0 spiro atoms. The van der Waals surface area contributed by atoms with Crippen LogP contribution in [-0.4, -0.2) is 29.8 Å². The van der Waals surface area contributed by atoms with E-state index in [1.54, 1.807) is 0 Å². The predicted octanol–water partition coefficient (Wildman–Crippen LogP) is 0.854. The van der Waals surface area contributed by atoms with Crippen LogP contribution in [0.3, 0.4) is 0 Å². The largest absolute Gasteiger partial charge is 0.367 e. The molecule has 78 valence electrons. The quantitative estimate of drug-likeness (QED) is 0.761. The molecule has 0 bridgehead atoms. The first-order valence-electron chi connectivity index (χ1n) is 4.93. The molecule has 1 saturated heterocycles. The Hall–Kier alpha value is -0.940. The highest BCUT2D eigenvalue weighted by Crippen LogP contribution is 2.18. The Labute approximate surface area is 82.8 Å². The van der Waals surface area contributed by atoms with Gasteiger partial charge in [0.05, 0.1) is 6.61 Å². The average Bonchev–Trinajstić information content (AvgIpc) is 2.68. The minimum atomic E-state index is -0.0556. The Morgan fingerprint density at radius 2 is 2.36 bits per heavy atom. The van der Waals surface area contributed by atoms with Crippen LogP contribution in [0.1, 0.15) is 37.6 Å². The monoisotopic (exact) mass is 197 g/mol. The maximum Gasteiger partial charge on any atom is 0.229 e. The number of morpholine rings is 1. The molecule has 1 aromatic heterocycles. The third-order valence-corrected chi connectivity index (χ3v) is 2.17. The van der Waals surface area contributed by atoms with Gasteiger partial charge < -0.3 is 14.6 Å². The maximum atomic E-state index is 5.51. The van der Waals surface area contributed by atoms with Gasteiger partial charge >= 0.3 is 0 Å². The van der Waals surface area contributed by atoms with Gasteiger partial charge in [0.1, 0.15) is 6.10 Å². The van der Waals surface area contributed by atoms with Gasteiger partial charge in [-0.3, -0.25) is 0 Å². The molecule has 1 fully saturated rings. The van der Waals surface area contributed by atoms with E-state index in [1.807, 2.05) is 13.8 Å². The molecule has 1 N–H and O–H groups in total. The third-order valence-electron chi connectivity index (χ3n) is 2.17. The van der Waals surface area contributed by atoms with Gasteiger partial charge in [-0.05, 0) is 0 Å². The van der Waals surface area contributed by atoms with Crippen molar-refractivity contribution in [2.24, 2.45) is 0 Å². The van der Waals surface area contributed by atoms with E-state index < -0.39 is 0 Å². The Kier molecular flexibility index (Phi) is 2.79. The first kappa shape index (κ1) is 9.61. The summed E-state index contributed by atoms with van der Waals surface area (Å²) in [5.74, 6) is 1.60. The molecule has 0 radical (unpaired) electrons. The number of hydrogen-bond acceptors (Lipinski definition) is 5. The fraction of sp³-hybridized carbons (Fsp3) is 0.778. The molecule has 14 heavy (non-hydrogen) atoms. The van der Waals surface area contributed by atoms with Crippen LogP contribution in [-0.2, 0) is 4.74 Å². The molecule has 0 saturated carbocycles. The normalized spacial score (nSPS) is 22.9. The van der Waals surface area contributed by atoms with Crippen molar-refractivity contribution in [2.75, 3.05) is 19.7 Å². The lowest BCUT2D eigenvalue weighted by molar-refractivity contribution is 0.0208.